The number of hydrogen-bond acceptors (Lipinski definition) is 15. The van der Waals surface area contributed by atoms with E-state index in [1.54, 1.807) is 0 Å². The second-order valence-corrected chi connectivity index (χ2v) is 31.3. The van der Waals surface area contributed by atoms with Gasteiger partial charge >= 0.3 is 39.5 Å². The van der Waals surface area contributed by atoms with Crippen molar-refractivity contribution in [2.24, 2.45) is 11.8 Å². The molecule has 0 aliphatic carbocycles. The average molecular weight is 1400 g/mol. The average Bonchev–Trinajstić information content (AvgIpc) is 1.95. The zero-order chi connectivity index (χ0) is 70.0. The second kappa shape index (κ2) is 67.9. The number of rotatable bonds is 75. The largest absolute Gasteiger partial charge is 0.472 e. The van der Waals surface area contributed by atoms with Crippen molar-refractivity contribution < 1.29 is 80.2 Å². The molecule has 0 rings (SSSR count). The molecule has 95 heavy (non-hydrogen) atoms. The Kier molecular flexibility index (Phi) is 66.5. The van der Waals surface area contributed by atoms with E-state index in [-0.39, 0.29) is 25.7 Å². The molecule has 564 valence electrons. The Labute approximate surface area is 581 Å². The van der Waals surface area contributed by atoms with Crippen LogP contribution in [-0.4, -0.2) is 96.7 Å². The fourth-order valence-corrected chi connectivity index (χ4v) is 13.2. The van der Waals surface area contributed by atoms with E-state index >= 15 is 0 Å². The van der Waals surface area contributed by atoms with Crippen LogP contribution in [0, 0.1) is 11.8 Å². The van der Waals surface area contributed by atoms with Crippen molar-refractivity contribution in [2.45, 2.75) is 413 Å². The van der Waals surface area contributed by atoms with Gasteiger partial charge in [0.05, 0.1) is 26.4 Å². The fourth-order valence-electron chi connectivity index (χ4n) is 11.7. The van der Waals surface area contributed by atoms with E-state index in [9.17, 15) is 43.2 Å². The topological polar surface area (TPSA) is 237 Å². The Morgan fingerprint density at radius 1 is 0.284 bits per heavy atom. The van der Waals surface area contributed by atoms with E-state index < -0.39 is 97.5 Å². The lowest BCUT2D eigenvalue weighted by molar-refractivity contribution is -0.161. The summed E-state index contributed by atoms with van der Waals surface area (Å²) in [7, 11) is -9.91. The van der Waals surface area contributed by atoms with Gasteiger partial charge in [-0.15, -0.1) is 0 Å². The first-order chi connectivity index (χ1) is 45.9. The third kappa shape index (κ3) is 70.3. The first-order valence-corrected chi connectivity index (χ1v) is 42.5. The predicted molar refractivity (Wildman–Crippen MR) is 386 cm³/mol. The summed E-state index contributed by atoms with van der Waals surface area (Å²) in [4.78, 5) is 72.7. The monoisotopic (exact) mass is 1400 g/mol. The lowest BCUT2D eigenvalue weighted by Gasteiger charge is -2.21. The molecule has 0 fully saturated rings. The van der Waals surface area contributed by atoms with E-state index in [1.165, 1.54) is 205 Å². The van der Waals surface area contributed by atoms with Gasteiger partial charge in [-0.1, -0.05) is 343 Å². The molecule has 0 aliphatic rings. The standard InChI is InChI=1S/C76H148O17P2/c1-7-9-11-13-15-17-18-19-20-21-25-28-31-34-41-47-53-59-74(79)87-65-72(92-75(80)60-54-48-42-35-32-29-26-23-22-24-27-30-33-38-44-50-56-68(3)4)67-91-95(84,85)89-63-70(77)62-88-94(82,83)90-66-71(64-86-73(78)58-52-46-40-16-14-12-10-8-2)93-76(81)61-55-49-43-37-36-39-45-51-57-69(5)6/h68-72,77H,7-67H2,1-6H3,(H,82,83)(H,84,85)/t70-,71+,72+/m0/s1. The van der Waals surface area contributed by atoms with Gasteiger partial charge in [0.2, 0.25) is 0 Å². The van der Waals surface area contributed by atoms with Crippen molar-refractivity contribution in [3.63, 3.8) is 0 Å². The highest BCUT2D eigenvalue weighted by Crippen LogP contribution is 2.45. The fraction of sp³-hybridized carbons (Fsp3) is 0.947. The van der Waals surface area contributed by atoms with Crippen molar-refractivity contribution in [3.05, 3.63) is 0 Å². The number of carbonyl (C=O) groups is 4. The maximum Gasteiger partial charge on any atom is 0.472 e. The number of hydrogen-bond donors (Lipinski definition) is 3. The van der Waals surface area contributed by atoms with Crippen molar-refractivity contribution in [3.8, 4) is 0 Å². The number of aliphatic hydroxyl groups is 1. The Bertz CT molecular complexity index is 1840. The highest BCUT2D eigenvalue weighted by Gasteiger charge is 2.30. The molecule has 3 N–H and O–H groups in total. The van der Waals surface area contributed by atoms with Crippen LogP contribution in [0.2, 0.25) is 0 Å². The Hall–Kier alpha value is -1.94. The molecule has 19 heteroatoms. The summed E-state index contributed by atoms with van der Waals surface area (Å²) < 4.78 is 68.4. The van der Waals surface area contributed by atoms with E-state index in [1.807, 2.05) is 0 Å². The minimum Gasteiger partial charge on any atom is -0.462 e. The third-order valence-corrected chi connectivity index (χ3v) is 19.6. The lowest BCUT2D eigenvalue weighted by atomic mass is 10.0. The van der Waals surface area contributed by atoms with Crippen LogP contribution >= 0.6 is 15.6 Å². The van der Waals surface area contributed by atoms with Gasteiger partial charge in [0.1, 0.15) is 19.3 Å². The summed E-state index contributed by atoms with van der Waals surface area (Å²) in [6, 6.07) is 0. The van der Waals surface area contributed by atoms with Gasteiger partial charge in [0, 0.05) is 25.7 Å². The van der Waals surface area contributed by atoms with Crippen molar-refractivity contribution in [2.75, 3.05) is 39.6 Å². The minimum atomic E-state index is -4.96. The predicted octanol–water partition coefficient (Wildman–Crippen LogP) is 22.3. The zero-order valence-electron chi connectivity index (χ0n) is 62.0. The summed E-state index contributed by atoms with van der Waals surface area (Å²) in [5.41, 5.74) is 0. The van der Waals surface area contributed by atoms with Crippen molar-refractivity contribution >= 4 is 39.5 Å². The SMILES string of the molecule is CCCCCCCCCCCCCCCCCCCC(=O)OC[C@H](COP(=O)(O)OC[C@@H](O)COP(=O)(O)OC[C@@H](COC(=O)CCCCCCCCCC)OC(=O)CCCCCCCCCCC(C)C)OC(=O)CCCCCCCCCCCCCCCCCCC(C)C. The molecular formula is C76H148O17P2. The first-order valence-electron chi connectivity index (χ1n) is 39.5. The summed E-state index contributed by atoms with van der Waals surface area (Å²) in [6.07, 6.45) is 55.7. The van der Waals surface area contributed by atoms with Crippen LogP contribution in [0.1, 0.15) is 395 Å². The highest BCUT2D eigenvalue weighted by molar-refractivity contribution is 7.47. The maximum atomic E-state index is 13.1. The summed E-state index contributed by atoms with van der Waals surface area (Å²) in [6.45, 7) is 9.56. The van der Waals surface area contributed by atoms with Crippen LogP contribution in [0.4, 0.5) is 0 Å². The molecule has 17 nitrogen and oxygen atoms in total. The maximum absolute atomic E-state index is 13.1. The molecule has 0 saturated carbocycles. The minimum absolute atomic E-state index is 0.104. The van der Waals surface area contributed by atoms with E-state index in [0.29, 0.717) is 25.7 Å². The number of ether oxygens (including phenoxy) is 4. The summed E-state index contributed by atoms with van der Waals surface area (Å²) >= 11 is 0. The number of unbranched alkanes of at least 4 members (excludes halogenated alkanes) is 45. The van der Waals surface area contributed by atoms with Gasteiger partial charge in [-0.3, -0.25) is 37.3 Å². The van der Waals surface area contributed by atoms with Gasteiger partial charge in [-0.05, 0) is 37.5 Å². The molecule has 0 saturated heterocycles. The molecular weight excluding hydrogens is 1250 g/mol. The van der Waals surface area contributed by atoms with Gasteiger partial charge in [0.25, 0.3) is 0 Å². The zero-order valence-corrected chi connectivity index (χ0v) is 63.8. The normalized spacial score (nSPS) is 14.0. The molecule has 0 amide bonds. The van der Waals surface area contributed by atoms with Gasteiger partial charge in [-0.25, -0.2) is 9.13 Å². The Morgan fingerprint density at radius 2 is 0.484 bits per heavy atom. The van der Waals surface area contributed by atoms with Crippen LogP contribution in [0.25, 0.3) is 0 Å². The lowest BCUT2D eigenvalue weighted by Crippen LogP contribution is -2.30. The molecule has 0 aromatic carbocycles. The van der Waals surface area contributed by atoms with Crippen LogP contribution in [0.5, 0.6) is 0 Å². The van der Waals surface area contributed by atoms with Crippen LogP contribution < -0.4 is 0 Å². The molecule has 0 heterocycles. The van der Waals surface area contributed by atoms with E-state index in [2.05, 4.69) is 41.5 Å². The van der Waals surface area contributed by atoms with Crippen molar-refractivity contribution in [1.29, 1.82) is 0 Å². The molecule has 0 spiro atoms. The number of aliphatic hydroxyl groups excluding tert-OH is 1. The summed E-state index contributed by atoms with van der Waals surface area (Å²) in [5, 5.41) is 10.6. The van der Waals surface area contributed by atoms with Gasteiger partial charge in [0.15, 0.2) is 12.2 Å². The summed E-state index contributed by atoms with van der Waals surface area (Å²) in [5.74, 6) is -0.592. The number of carbonyl (C=O) groups excluding carboxylic acids is 4. The van der Waals surface area contributed by atoms with Gasteiger partial charge < -0.3 is 33.8 Å². The number of esters is 4. The quantitative estimate of drug-likeness (QED) is 0.0222. The van der Waals surface area contributed by atoms with E-state index in [0.717, 1.165) is 108 Å². The number of phosphoric ester groups is 2. The molecule has 0 bridgehead atoms. The highest BCUT2D eigenvalue weighted by atomic mass is 31.2. The molecule has 2 unspecified atom stereocenters. The molecule has 0 radical (unpaired) electrons. The molecule has 0 aromatic heterocycles. The van der Waals surface area contributed by atoms with Crippen molar-refractivity contribution in [1.82, 2.24) is 0 Å². The Morgan fingerprint density at radius 3 is 0.716 bits per heavy atom. The molecule has 0 aromatic rings. The number of phosphoric acid groups is 2. The molecule has 5 atom stereocenters. The molecule has 0 aliphatic heterocycles. The smallest absolute Gasteiger partial charge is 0.462 e. The second-order valence-electron chi connectivity index (χ2n) is 28.3. The van der Waals surface area contributed by atoms with Crippen LogP contribution in [0.15, 0.2) is 0 Å². The van der Waals surface area contributed by atoms with Crippen LogP contribution in [-0.2, 0) is 65.4 Å². The van der Waals surface area contributed by atoms with E-state index in [4.69, 9.17) is 37.0 Å². The Balaban J connectivity index is 5.20. The first kappa shape index (κ1) is 93.1. The van der Waals surface area contributed by atoms with Crippen LogP contribution in [0.3, 0.4) is 0 Å². The third-order valence-electron chi connectivity index (χ3n) is 17.7. The van der Waals surface area contributed by atoms with Gasteiger partial charge in [-0.2, -0.15) is 0 Å².